The topological polar surface area (TPSA) is 58.2 Å². The molecule has 2 N–H and O–H groups in total. The minimum atomic E-state index is -0.533. The number of carbonyl (C=O) groups is 2. The molecular weight excluding hydrogens is 279 g/mol. The van der Waals surface area contributed by atoms with E-state index >= 15 is 0 Å². The van der Waals surface area contributed by atoms with Gasteiger partial charge in [0.05, 0.1) is 5.02 Å². The van der Waals surface area contributed by atoms with Crippen LogP contribution in [-0.4, -0.2) is 24.7 Å². The van der Waals surface area contributed by atoms with Crippen LogP contribution in [0.15, 0.2) is 23.1 Å². The zero-order valence-electron chi connectivity index (χ0n) is 9.63. The number of nitrogens with one attached hydrogen (secondary N) is 2. The lowest BCUT2D eigenvalue weighted by atomic mass is 10.3. The monoisotopic (exact) mass is 290 g/mol. The van der Waals surface area contributed by atoms with Gasteiger partial charge in [0, 0.05) is 24.1 Å². The van der Waals surface area contributed by atoms with Crippen molar-refractivity contribution in [1.82, 2.24) is 10.6 Å². The Balaban J connectivity index is 2.35. The normalized spacial score (nSPS) is 9.94. The molecule has 7 heteroatoms. The summed E-state index contributed by atoms with van der Waals surface area (Å²) in [6.07, 6.45) is 0.188. The minimum Gasteiger partial charge on any atom is -0.341 e. The van der Waals surface area contributed by atoms with E-state index in [1.54, 1.807) is 6.07 Å². The number of hydrogen-bond donors (Lipinski definition) is 2. The Labute approximate surface area is 113 Å². The number of benzene rings is 1. The first-order valence-electron chi connectivity index (χ1n) is 5.12. The van der Waals surface area contributed by atoms with Gasteiger partial charge in [0.2, 0.25) is 5.91 Å². The summed E-state index contributed by atoms with van der Waals surface area (Å²) in [4.78, 5) is 22.9. The molecule has 0 saturated carbocycles. The maximum Gasteiger partial charge on any atom is 0.321 e. The SMILES string of the molecule is CNC(=O)NC(=O)CCSc1ccc(F)c(Cl)c1. The van der Waals surface area contributed by atoms with E-state index in [0.29, 0.717) is 5.75 Å². The molecule has 0 fully saturated rings. The largest absolute Gasteiger partial charge is 0.341 e. The molecule has 18 heavy (non-hydrogen) atoms. The average molecular weight is 291 g/mol. The number of imide groups is 1. The van der Waals surface area contributed by atoms with Crippen LogP contribution in [0.2, 0.25) is 5.02 Å². The highest BCUT2D eigenvalue weighted by Gasteiger charge is 2.06. The number of thioether (sulfide) groups is 1. The number of halogens is 2. The molecule has 0 aliphatic heterocycles. The molecular formula is C11H12ClFN2O2S. The summed E-state index contributed by atoms with van der Waals surface area (Å²) < 4.78 is 12.9. The Morgan fingerprint density at radius 2 is 2.17 bits per heavy atom. The highest BCUT2D eigenvalue weighted by molar-refractivity contribution is 7.99. The van der Waals surface area contributed by atoms with Gasteiger partial charge in [-0.1, -0.05) is 11.6 Å². The molecule has 0 atom stereocenters. The summed E-state index contributed by atoms with van der Waals surface area (Å²) >= 11 is 6.99. The molecule has 0 saturated heterocycles. The number of amides is 3. The maximum atomic E-state index is 12.9. The van der Waals surface area contributed by atoms with Gasteiger partial charge in [0.15, 0.2) is 0 Å². The standard InChI is InChI=1S/C11H12ClFN2O2S/c1-14-11(17)15-10(16)4-5-18-7-2-3-9(13)8(12)6-7/h2-3,6H,4-5H2,1H3,(H2,14,15,16,17). The number of carbonyl (C=O) groups excluding carboxylic acids is 2. The van der Waals surface area contributed by atoms with E-state index in [2.05, 4.69) is 10.6 Å². The van der Waals surface area contributed by atoms with E-state index in [1.165, 1.54) is 30.9 Å². The smallest absolute Gasteiger partial charge is 0.321 e. The van der Waals surface area contributed by atoms with Crippen LogP contribution in [0, 0.1) is 5.82 Å². The maximum absolute atomic E-state index is 12.9. The molecule has 1 aromatic carbocycles. The van der Waals surface area contributed by atoms with Crippen LogP contribution in [0.1, 0.15) is 6.42 Å². The molecule has 0 heterocycles. The fourth-order valence-corrected chi connectivity index (χ4v) is 2.21. The lowest BCUT2D eigenvalue weighted by Crippen LogP contribution is -2.37. The fraction of sp³-hybridized carbons (Fsp3) is 0.273. The van der Waals surface area contributed by atoms with Crippen LogP contribution >= 0.6 is 23.4 Å². The molecule has 0 unspecified atom stereocenters. The van der Waals surface area contributed by atoms with Crippen LogP contribution < -0.4 is 10.6 Å². The summed E-state index contributed by atoms with van der Waals surface area (Å²) in [5, 5.41) is 4.48. The van der Waals surface area contributed by atoms with Gasteiger partial charge in [-0.25, -0.2) is 9.18 Å². The van der Waals surface area contributed by atoms with Crippen LogP contribution in [0.3, 0.4) is 0 Å². The summed E-state index contributed by atoms with van der Waals surface area (Å²) in [7, 11) is 1.43. The van der Waals surface area contributed by atoms with Crippen molar-refractivity contribution >= 4 is 35.3 Å². The van der Waals surface area contributed by atoms with Crippen molar-refractivity contribution in [1.29, 1.82) is 0 Å². The molecule has 0 radical (unpaired) electrons. The third kappa shape index (κ3) is 4.93. The van der Waals surface area contributed by atoms with Gasteiger partial charge in [-0.2, -0.15) is 0 Å². The molecule has 1 aromatic rings. The van der Waals surface area contributed by atoms with Crippen LogP contribution in [0.4, 0.5) is 9.18 Å². The molecule has 0 aromatic heterocycles. The summed E-state index contributed by atoms with van der Waals surface area (Å²) in [5.74, 6) is -0.362. The van der Waals surface area contributed by atoms with Crippen molar-refractivity contribution in [2.75, 3.05) is 12.8 Å². The first-order valence-corrected chi connectivity index (χ1v) is 6.48. The van der Waals surface area contributed by atoms with Crippen molar-refractivity contribution in [3.8, 4) is 0 Å². The second-order valence-corrected chi connectivity index (χ2v) is 4.88. The predicted molar refractivity (Wildman–Crippen MR) is 69.3 cm³/mol. The Morgan fingerprint density at radius 3 is 2.78 bits per heavy atom. The van der Waals surface area contributed by atoms with E-state index in [-0.39, 0.29) is 17.4 Å². The molecule has 4 nitrogen and oxygen atoms in total. The quantitative estimate of drug-likeness (QED) is 0.837. The molecule has 98 valence electrons. The Hall–Kier alpha value is -1.27. The van der Waals surface area contributed by atoms with Gasteiger partial charge in [0.25, 0.3) is 0 Å². The van der Waals surface area contributed by atoms with Crippen molar-refractivity contribution in [2.45, 2.75) is 11.3 Å². The summed E-state index contributed by atoms with van der Waals surface area (Å²) in [6.45, 7) is 0. The second kappa shape index (κ2) is 7.23. The van der Waals surface area contributed by atoms with E-state index in [9.17, 15) is 14.0 Å². The fourth-order valence-electron chi connectivity index (χ4n) is 1.08. The van der Waals surface area contributed by atoms with Crippen LogP contribution in [0.5, 0.6) is 0 Å². The lowest BCUT2D eigenvalue weighted by molar-refractivity contribution is -0.119. The first kappa shape index (κ1) is 14.8. The van der Waals surface area contributed by atoms with E-state index in [1.807, 2.05) is 0 Å². The second-order valence-electron chi connectivity index (χ2n) is 3.30. The van der Waals surface area contributed by atoms with Crippen molar-refractivity contribution in [2.24, 2.45) is 0 Å². The third-order valence-corrected chi connectivity index (χ3v) is 3.25. The van der Waals surface area contributed by atoms with Gasteiger partial charge >= 0.3 is 6.03 Å². The van der Waals surface area contributed by atoms with Crippen molar-refractivity contribution < 1.29 is 14.0 Å². The van der Waals surface area contributed by atoms with Gasteiger partial charge < -0.3 is 5.32 Å². The van der Waals surface area contributed by atoms with Crippen LogP contribution in [0.25, 0.3) is 0 Å². The minimum absolute atomic E-state index is 0.0508. The van der Waals surface area contributed by atoms with Crippen molar-refractivity contribution in [3.05, 3.63) is 29.0 Å². The molecule has 3 amide bonds. The van der Waals surface area contributed by atoms with E-state index in [4.69, 9.17) is 11.6 Å². The number of rotatable bonds is 4. The summed E-state index contributed by atoms with van der Waals surface area (Å²) in [6, 6.07) is 3.82. The Kier molecular flexibility index (Phi) is 5.94. The Morgan fingerprint density at radius 1 is 1.44 bits per heavy atom. The molecule has 0 aliphatic rings. The molecule has 0 bridgehead atoms. The van der Waals surface area contributed by atoms with Crippen molar-refractivity contribution in [3.63, 3.8) is 0 Å². The zero-order valence-corrected chi connectivity index (χ0v) is 11.2. The van der Waals surface area contributed by atoms with E-state index < -0.39 is 11.8 Å². The van der Waals surface area contributed by atoms with Gasteiger partial charge in [0.1, 0.15) is 5.82 Å². The van der Waals surface area contributed by atoms with Gasteiger partial charge in [-0.15, -0.1) is 11.8 Å². The van der Waals surface area contributed by atoms with Gasteiger partial charge in [-0.3, -0.25) is 10.1 Å². The third-order valence-electron chi connectivity index (χ3n) is 1.97. The number of urea groups is 1. The summed E-state index contributed by atoms with van der Waals surface area (Å²) in [5.41, 5.74) is 0. The van der Waals surface area contributed by atoms with Gasteiger partial charge in [-0.05, 0) is 18.2 Å². The molecule has 0 aliphatic carbocycles. The average Bonchev–Trinajstić information content (AvgIpc) is 2.33. The Bertz CT molecular complexity index is 457. The zero-order chi connectivity index (χ0) is 13.5. The van der Waals surface area contributed by atoms with Crippen LogP contribution in [-0.2, 0) is 4.79 Å². The molecule has 1 rings (SSSR count). The highest BCUT2D eigenvalue weighted by atomic mass is 35.5. The number of hydrogen-bond acceptors (Lipinski definition) is 3. The van der Waals surface area contributed by atoms with E-state index in [0.717, 1.165) is 4.90 Å². The highest BCUT2D eigenvalue weighted by Crippen LogP contribution is 2.24. The molecule has 0 spiro atoms. The lowest BCUT2D eigenvalue weighted by Gasteiger charge is -2.04. The first-order chi connectivity index (χ1) is 8.52. The predicted octanol–water partition coefficient (Wildman–Crippen LogP) is 2.42.